The largest absolute Gasteiger partial charge is 1.00 e. The van der Waals surface area contributed by atoms with Crippen LogP contribution in [0.2, 0.25) is 0 Å². The zero-order chi connectivity index (χ0) is 28.3. The summed E-state index contributed by atoms with van der Waals surface area (Å²) in [6, 6.07) is 9.97. The number of carbonyl (C=O) groups is 4. The maximum absolute atomic E-state index is 13.7. The predicted octanol–water partition coefficient (Wildman–Crippen LogP) is -1.61. The second kappa shape index (κ2) is 14.7. The van der Waals surface area contributed by atoms with E-state index >= 15 is 0 Å². The summed E-state index contributed by atoms with van der Waals surface area (Å²) in [4.78, 5) is 53.3. The summed E-state index contributed by atoms with van der Waals surface area (Å²) in [6.07, 6.45) is 7.93. The number of amides is 2. The van der Waals surface area contributed by atoms with Crippen molar-refractivity contribution in [3.8, 4) is 0 Å². The molecule has 2 N–H and O–H groups in total. The summed E-state index contributed by atoms with van der Waals surface area (Å²) in [5.74, 6) is -0.957. The van der Waals surface area contributed by atoms with E-state index in [9.17, 15) is 19.2 Å². The number of benzene rings is 2. The van der Waals surface area contributed by atoms with Gasteiger partial charge in [-0.1, -0.05) is 24.3 Å². The summed E-state index contributed by atoms with van der Waals surface area (Å²) in [5.41, 5.74) is 1.66. The fraction of sp³-hybridized carbons (Fsp3) is 0.500. The molecule has 228 valence electrons. The van der Waals surface area contributed by atoms with Gasteiger partial charge in [-0.3, -0.25) is 19.2 Å². The van der Waals surface area contributed by atoms with Crippen LogP contribution >= 0.6 is 0 Å². The molecule has 42 heavy (non-hydrogen) atoms. The first-order valence-corrected chi connectivity index (χ1v) is 14.8. The lowest BCUT2D eigenvalue weighted by molar-refractivity contribution is -0.913. The van der Waals surface area contributed by atoms with Crippen LogP contribution in [0.5, 0.6) is 0 Å². The van der Waals surface area contributed by atoms with E-state index in [1.807, 2.05) is 0 Å². The first-order valence-electron chi connectivity index (χ1n) is 14.8. The lowest BCUT2D eigenvalue weighted by atomic mass is 9.82. The smallest absolute Gasteiger partial charge is 0.230 e. The summed E-state index contributed by atoms with van der Waals surface area (Å²) < 4.78 is 1.77. The van der Waals surface area contributed by atoms with Crippen molar-refractivity contribution in [2.24, 2.45) is 0 Å². The highest BCUT2D eigenvalue weighted by molar-refractivity contribution is 6.32. The van der Waals surface area contributed by atoms with Crippen molar-refractivity contribution >= 4 is 34.8 Å². The van der Waals surface area contributed by atoms with Crippen molar-refractivity contribution in [2.75, 3.05) is 64.0 Å². The lowest BCUT2D eigenvalue weighted by Gasteiger charge is -2.37. The van der Waals surface area contributed by atoms with Crippen molar-refractivity contribution in [1.82, 2.24) is 0 Å². The molecule has 0 atom stereocenters. The molecule has 0 radical (unpaired) electrons. The van der Waals surface area contributed by atoms with Crippen molar-refractivity contribution in [3.63, 3.8) is 0 Å². The van der Waals surface area contributed by atoms with Gasteiger partial charge in [-0.2, -0.15) is 0 Å². The number of anilines is 2. The molecule has 1 aliphatic carbocycles. The van der Waals surface area contributed by atoms with Crippen LogP contribution in [0.25, 0.3) is 0 Å². The Labute approximate surface area is 283 Å². The molecule has 2 aromatic rings. The Kier molecular flexibility index (Phi) is 12.1. The molecular weight excluding hydrogens is 758 g/mol. The Morgan fingerprint density at radius 2 is 0.976 bits per heavy atom. The Morgan fingerprint density at radius 1 is 0.619 bits per heavy atom. The Hall–Kier alpha value is -1.90. The van der Waals surface area contributed by atoms with Crippen LogP contribution in [0.15, 0.2) is 36.4 Å². The predicted molar refractivity (Wildman–Crippen MR) is 156 cm³/mol. The van der Waals surface area contributed by atoms with E-state index in [0.717, 1.165) is 48.2 Å². The number of hydrogen-bond acceptors (Lipinski definition) is 4. The molecule has 0 spiro atoms. The van der Waals surface area contributed by atoms with E-state index in [1.54, 1.807) is 36.4 Å². The van der Waals surface area contributed by atoms with Crippen LogP contribution < -0.4 is 58.6 Å². The van der Waals surface area contributed by atoms with E-state index < -0.39 is 0 Å². The number of hydrogen-bond donors (Lipinski definition) is 2. The van der Waals surface area contributed by atoms with Gasteiger partial charge in [0.05, 0.1) is 88.7 Å². The zero-order valence-corrected chi connectivity index (χ0v) is 29.0. The Bertz CT molecular complexity index is 1230. The standard InChI is InChI=1S/C32H40N4O4.2HI/c1-35(17-5-3-6-18-35)21-15-27(37)33-25-13-9-11-23-29(25)31(39)24-12-10-14-26(30(24)32(23)40)34-28(38)16-22-36(2)19-7-4-8-20-36;;/h9-14H,3-8,15-22H2,1-2H3;2*1H. The van der Waals surface area contributed by atoms with Gasteiger partial charge in [-0.05, 0) is 50.7 Å². The number of nitrogens with one attached hydrogen (secondary N) is 2. The normalized spacial score (nSPS) is 18.4. The molecule has 0 unspecified atom stereocenters. The van der Waals surface area contributed by atoms with E-state index in [0.29, 0.717) is 24.2 Å². The third-order valence-corrected chi connectivity index (χ3v) is 9.17. The molecule has 2 saturated heterocycles. The average Bonchev–Trinajstić information content (AvgIpc) is 2.95. The number of piperidine rings is 2. The topological polar surface area (TPSA) is 92.3 Å². The minimum atomic E-state index is -0.321. The molecule has 10 heteroatoms. The molecule has 0 bridgehead atoms. The zero-order valence-electron chi connectivity index (χ0n) is 24.6. The van der Waals surface area contributed by atoms with Crippen LogP contribution in [0, 0.1) is 0 Å². The number of likely N-dealkylation sites (tertiary alicyclic amines) is 2. The summed E-state index contributed by atoms with van der Waals surface area (Å²) in [6.45, 7) is 5.81. The van der Waals surface area contributed by atoms with E-state index in [2.05, 4.69) is 24.7 Å². The number of rotatable bonds is 8. The fourth-order valence-electron chi connectivity index (χ4n) is 6.62. The van der Waals surface area contributed by atoms with Crippen molar-refractivity contribution in [1.29, 1.82) is 0 Å². The van der Waals surface area contributed by atoms with Crippen LogP contribution in [0.1, 0.15) is 83.2 Å². The van der Waals surface area contributed by atoms with Gasteiger partial charge in [0.1, 0.15) is 0 Å². The molecular formula is C32H42I2N4O4. The second-order valence-corrected chi connectivity index (χ2v) is 12.4. The first-order chi connectivity index (χ1) is 19.2. The molecule has 3 aliphatic rings. The third kappa shape index (κ3) is 7.78. The maximum atomic E-state index is 13.7. The molecule has 8 nitrogen and oxygen atoms in total. The molecule has 5 rings (SSSR count). The molecule has 0 aromatic heterocycles. The summed E-state index contributed by atoms with van der Waals surface area (Å²) in [7, 11) is 4.39. The third-order valence-electron chi connectivity index (χ3n) is 9.17. The van der Waals surface area contributed by atoms with Gasteiger partial charge in [0, 0.05) is 11.1 Å². The van der Waals surface area contributed by atoms with Gasteiger partial charge in [0.2, 0.25) is 11.8 Å². The lowest BCUT2D eigenvalue weighted by Crippen LogP contribution is -3.00. The molecule has 2 fully saturated rings. The molecule has 2 amide bonds. The average molecular weight is 801 g/mol. The molecule has 2 aliphatic heterocycles. The fourth-order valence-corrected chi connectivity index (χ4v) is 6.62. The van der Waals surface area contributed by atoms with Gasteiger partial charge in [0.15, 0.2) is 11.6 Å². The highest BCUT2D eigenvalue weighted by Gasteiger charge is 2.35. The Balaban J connectivity index is 0.00000242. The number of ketones is 2. The van der Waals surface area contributed by atoms with Gasteiger partial charge in [-0.25, -0.2) is 0 Å². The van der Waals surface area contributed by atoms with Gasteiger partial charge in [-0.15, -0.1) is 0 Å². The summed E-state index contributed by atoms with van der Waals surface area (Å²) >= 11 is 0. The number of halogens is 2. The quantitative estimate of drug-likeness (QED) is 0.212. The van der Waals surface area contributed by atoms with Crippen LogP contribution in [0.3, 0.4) is 0 Å². The molecule has 0 saturated carbocycles. The number of fused-ring (bicyclic) bond motifs is 2. The van der Waals surface area contributed by atoms with Gasteiger partial charge in [0.25, 0.3) is 0 Å². The number of quaternary nitrogens is 2. The maximum Gasteiger partial charge on any atom is 0.230 e. The monoisotopic (exact) mass is 800 g/mol. The van der Waals surface area contributed by atoms with Crippen molar-refractivity contribution in [3.05, 3.63) is 58.7 Å². The second-order valence-electron chi connectivity index (χ2n) is 12.4. The van der Waals surface area contributed by atoms with E-state index in [4.69, 9.17) is 0 Å². The van der Waals surface area contributed by atoms with Crippen molar-refractivity contribution < 1.29 is 76.1 Å². The Morgan fingerprint density at radius 3 is 1.33 bits per heavy atom. The summed E-state index contributed by atoms with van der Waals surface area (Å²) in [5, 5.41) is 5.83. The molecule has 2 heterocycles. The molecule has 2 aromatic carbocycles. The van der Waals surface area contributed by atoms with Crippen LogP contribution in [-0.4, -0.2) is 85.7 Å². The van der Waals surface area contributed by atoms with Gasteiger partial charge >= 0.3 is 0 Å². The van der Waals surface area contributed by atoms with E-state index in [-0.39, 0.29) is 93.6 Å². The number of nitrogens with zero attached hydrogens (tertiary/aromatic N) is 2. The SMILES string of the molecule is C[N+]1(CCC(=O)Nc2cccc3c2C(=O)c2cccc(NC(=O)CC[N+]4(C)CCCCC4)c2C3=O)CCCCC1.[I-].[I-]. The highest BCUT2D eigenvalue weighted by Crippen LogP contribution is 2.35. The van der Waals surface area contributed by atoms with E-state index in [1.165, 1.54) is 38.5 Å². The van der Waals surface area contributed by atoms with Crippen molar-refractivity contribution in [2.45, 2.75) is 51.4 Å². The van der Waals surface area contributed by atoms with Crippen LogP contribution in [0.4, 0.5) is 11.4 Å². The first kappa shape index (κ1) is 34.6. The highest BCUT2D eigenvalue weighted by atomic mass is 127. The van der Waals surface area contributed by atoms with Gasteiger partial charge < -0.3 is 67.6 Å². The minimum Gasteiger partial charge on any atom is -1.00 e. The number of carbonyl (C=O) groups excluding carboxylic acids is 4. The van der Waals surface area contributed by atoms with Crippen LogP contribution in [-0.2, 0) is 9.59 Å². The minimum absolute atomic E-state index is 0.